The average Bonchev–Trinajstić information content (AvgIpc) is 3.23. The second-order valence-electron chi connectivity index (χ2n) is 11.0. The zero-order valence-corrected chi connectivity index (χ0v) is 24.0. The Bertz CT molecular complexity index is 1220. The fourth-order valence-corrected chi connectivity index (χ4v) is 5.51. The number of ether oxygens (including phenoxy) is 3. The molecule has 0 radical (unpaired) electrons. The molecule has 2 aliphatic heterocycles. The van der Waals surface area contributed by atoms with Gasteiger partial charge in [-0.25, -0.2) is 4.79 Å². The lowest BCUT2D eigenvalue weighted by molar-refractivity contribution is -0.136. The number of rotatable bonds is 10. The molecule has 0 saturated carbocycles. The second kappa shape index (κ2) is 13.4. The van der Waals surface area contributed by atoms with Gasteiger partial charge in [0, 0.05) is 25.6 Å². The fraction of sp³-hybridized carbons (Fsp3) is 0.531. The molecule has 1 saturated heterocycles. The van der Waals surface area contributed by atoms with Crippen LogP contribution in [0.15, 0.2) is 42.5 Å². The number of nitrogens with one attached hydrogen (secondary N) is 2. The third kappa shape index (κ3) is 6.72. The van der Waals surface area contributed by atoms with Gasteiger partial charge in [0.15, 0.2) is 0 Å². The highest BCUT2D eigenvalue weighted by Crippen LogP contribution is 2.45. The number of fused-ring (bicyclic) bond motifs is 1. The van der Waals surface area contributed by atoms with Crippen molar-refractivity contribution >= 4 is 11.9 Å². The van der Waals surface area contributed by atoms with Crippen molar-refractivity contribution in [1.29, 1.82) is 5.26 Å². The molecule has 214 valence electrons. The van der Waals surface area contributed by atoms with Crippen LogP contribution >= 0.6 is 0 Å². The molecule has 0 bridgehead atoms. The van der Waals surface area contributed by atoms with Crippen LogP contribution in [0.5, 0.6) is 0 Å². The van der Waals surface area contributed by atoms with Gasteiger partial charge in [-0.1, -0.05) is 57.5 Å². The Labute approximate surface area is 237 Å². The summed E-state index contributed by atoms with van der Waals surface area (Å²) in [6, 6.07) is 15.4. The van der Waals surface area contributed by atoms with Crippen molar-refractivity contribution in [3.8, 4) is 17.2 Å². The Morgan fingerprint density at radius 2 is 1.98 bits per heavy atom. The third-order valence-electron chi connectivity index (χ3n) is 8.25. The molecule has 8 heteroatoms. The van der Waals surface area contributed by atoms with Gasteiger partial charge in [0.1, 0.15) is 17.7 Å². The molecule has 0 aromatic heterocycles. The number of hydrogen-bond donors (Lipinski definition) is 2. The molecule has 1 fully saturated rings. The number of carbonyl (C=O) groups excluding carboxylic acids is 2. The molecule has 2 aromatic rings. The number of methoxy groups -OCH3 is 1. The van der Waals surface area contributed by atoms with E-state index in [1.165, 1.54) is 0 Å². The number of cyclic esters (lactones) is 1. The summed E-state index contributed by atoms with van der Waals surface area (Å²) in [4.78, 5) is 25.5. The topological polar surface area (TPSA) is 110 Å². The van der Waals surface area contributed by atoms with Gasteiger partial charge in [-0.05, 0) is 60.5 Å². The standard InChI is InChI=1S/C32H41N3O5/c1-5-21(3)17-32(6-2)28-16-24(11-12-27(28)31(37)40-32)23-9-7-22(8-10-23)15-25(18-33)35-30(36)29-19-34-14-13-26(38-4)20-39-29/h7-12,16,21,25-26,29,34H,5-6,13-15,17,19-20H2,1-4H3,(H,35,36)/t21?,25-,26+,29-,32?/m0/s1. The summed E-state index contributed by atoms with van der Waals surface area (Å²) >= 11 is 0. The van der Waals surface area contributed by atoms with E-state index in [4.69, 9.17) is 14.2 Å². The van der Waals surface area contributed by atoms with Crippen LogP contribution in [0, 0.1) is 17.2 Å². The largest absolute Gasteiger partial charge is 0.451 e. The van der Waals surface area contributed by atoms with Crippen molar-refractivity contribution in [1.82, 2.24) is 10.6 Å². The lowest BCUT2D eigenvalue weighted by Gasteiger charge is -2.30. The summed E-state index contributed by atoms with van der Waals surface area (Å²) in [5, 5.41) is 15.8. The van der Waals surface area contributed by atoms with Crippen LogP contribution < -0.4 is 10.6 Å². The molecule has 2 N–H and O–H groups in total. The summed E-state index contributed by atoms with van der Waals surface area (Å²) in [5.74, 6) is -0.114. The molecule has 1 amide bonds. The first kappa shape index (κ1) is 29.7. The van der Waals surface area contributed by atoms with E-state index in [9.17, 15) is 14.9 Å². The van der Waals surface area contributed by atoms with Gasteiger partial charge in [-0.2, -0.15) is 5.26 Å². The van der Waals surface area contributed by atoms with Crippen LogP contribution in [0.25, 0.3) is 11.1 Å². The molecular formula is C32H41N3O5. The van der Waals surface area contributed by atoms with Crippen molar-refractivity contribution in [2.45, 2.75) is 76.7 Å². The number of nitrogens with zero attached hydrogens (tertiary/aromatic N) is 1. The summed E-state index contributed by atoms with van der Waals surface area (Å²) in [6.45, 7) is 7.91. The second-order valence-corrected chi connectivity index (χ2v) is 11.0. The number of carbonyl (C=O) groups is 2. The predicted octanol–water partition coefficient (Wildman–Crippen LogP) is 4.51. The van der Waals surface area contributed by atoms with Gasteiger partial charge in [-0.15, -0.1) is 0 Å². The zero-order chi connectivity index (χ0) is 28.7. The van der Waals surface area contributed by atoms with Crippen LogP contribution in [0.3, 0.4) is 0 Å². The minimum atomic E-state index is -0.681. The van der Waals surface area contributed by atoms with Crippen molar-refractivity contribution in [3.05, 3.63) is 59.2 Å². The molecule has 4 rings (SSSR count). The normalized spacial score (nSPS) is 24.1. The van der Waals surface area contributed by atoms with Gasteiger partial charge >= 0.3 is 5.97 Å². The Morgan fingerprint density at radius 3 is 2.65 bits per heavy atom. The lowest BCUT2D eigenvalue weighted by atomic mass is 9.81. The first-order chi connectivity index (χ1) is 19.3. The van der Waals surface area contributed by atoms with E-state index < -0.39 is 17.7 Å². The number of hydrogen-bond acceptors (Lipinski definition) is 7. The maximum absolute atomic E-state index is 12.8. The first-order valence-corrected chi connectivity index (χ1v) is 14.3. The first-order valence-electron chi connectivity index (χ1n) is 14.3. The maximum Gasteiger partial charge on any atom is 0.339 e. The average molecular weight is 548 g/mol. The van der Waals surface area contributed by atoms with E-state index in [-0.39, 0.29) is 18.0 Å². The highest BCUT2D eigenvalue weighted by atomic mass is 16.6. The molecule has 8 nitrogen and oxygen atoms in total. The van der Waals surface area contributed by atoms with Crippen LogP contribution in [0.1, 0.15) is 67.9 Å². The van der Waals surface area contributed by atoms with Gasteiger partial charge in [0.2, 0.25) is 0 Å². The molecule has 40 heavy (non-hydrogen) atoms. The summed E-state index contributed by atoms with van der Waals surface area (Å²) in [6.07, 6.45) is 3.01. The van der Waals surface area contributed by atoms with E-state index >= 15 is 0 Å². The molecular weight excluding hydrogens is 506 g/mol. The van der Waals surface area contributed by atoms with Crippen molar-refractivity contribution < 1.29 is 23.8 Å². The zero-order valence-electron chi connectivity index (χ0n) is 24.0. The maximum atomic E-state index is 12.8. The summed E-state index contributed by atoms with van der Waals surface area (Å²) in [5.41, 5.74) is 4.00. The predicted molar refractivity (Wildman–Crippen MR) is 153 cm³/mol. The van der Waals surface area contributed by atoms with Crippen molar-refractivity contribution in [3.63, 3.8) is 0 Å². The molecule has 2 unspecified atom stereocenters. The molecule has 2 aromatic carbocycles. The Hall–Kier alpha value is -3.25. The van der Waals surface area contributed by atoms with Crippen LogP contribution in [0.2, 0.25) is 0 Å². The Kier molecular flexibility index (Phi) is 9.96. The van der Waals surface area contributed by atoms with E-state index in [2.05, 4.69) is 43.5 Å². The summed E-state index contributed by atoms with van der Waals surface area (Å²) < 4.78 is 17.1. The number of nitriles is 1. The number of amides is 1. The fourth-order valence-electron chi connectivity index (χ4n) is 5.51. The van der Waals surface area contributed by atoms with Crippen LogP contribution in [-0.4, -0.2) is 56.9 Å². The molecule has 2 aliphatic rings. The van der Waals surface area contributed by atoms with Gasteiger partial charge in [0.25, 0.3) is 5.91 Å². The van der Waals surface area contributed by atoms with Gasteiger partial charge < -0.3 is 24.8 Å². The summed E-state index contributed by atoms with van der Waals surface area (Å²) in [7, 11) is 1.63. The van der Waals surface area contributed by atoms with E-state index in [0.717, 1.165) is 54.5 Å². The quantitative estimate of drug-likeness (QED) is 0.421. The van der Waals surface area contributed by atoms with Gasteiger partial charge in [-0.3, -0.25) is 4.79 Å². The minimum absolute atomic E-state index is 0.0645. The third-order valence-corrected chi connectivity index (χ3v) is 8.25. The van der Waals surface area contributed by atoms with Crippen molar-refractivity contribution in [2.24, 2.45) is 5.92 Å². The SMILES string of the molecule is CCC(C)CC1(CC)OC(=O)c2ccc(-c3ccc(C[C@@H](C#N)NC(=O)[C@@H]4CNCC[C@@H](OC)CO4)cc3)cc21. The highest BCUT2D eigenvalue weighted by Gasteiger charge is 2.44. The van der Waals surface area contributed by atoms with Crippen LogP contribution in [0.4, 0.5) is 0 Å². The number of esters is 1. The highest BCUT2D eigenvalue weighted by molar-refractivity contribution is 5.95. The Balaban J connectivity index is 1.44. The molecule has 2 heterocycles. The monoisotopic (exact) mass is 547 g/mol. The van der Waals surface area contributed by atoms with Crippen molar-refractivity contribution in [2.75, 3.05) is 26.8 Å². The van der Waals surface area contributed by atoms with E-state index in [0.29, 0.717) is 31.1 Å². The Morgan fingerprint density at radius 1 is 1.23 bits per heavy atom. The van der Waals surface area contributed by atoms with E-state index in [1.54, 1.807) is 7.11 Å². The smallest absolute Gasteiger partial charge is 0.339 e. The lowest BCUT2D eigenvalue weighted by Crippen LogP contribution is -2.49. The van der Waals surface area contributed by atoms with Crippen LogP contribution in [-0.2, 0) is 31.0 Å². The van der Waals surface area contributed by atoms with E-state index in [1.807, 2.05) is 36.4 Å². The molecule has 0 aliphatic carbocycles. The minimum Gasteiger partial charge on any atom is -0.451 e. The molecule has 0 spiro atoms. The number of benzene rings is 2. The molecule has 5 atom stereocenters. The van der Waals surface area contributed by atoms with Gasteiger partial charge in [0.05, 0.1) is 24.3 Å².